The van der Waals surface area contributed by atoms with Crippen molar-refractivity contribution in [2.45, 2.75) is 13.0 Å². The number of piperazine rings is 1. The fraction of sp³-hybridized carbons (Fsp3) is 0.409. The molecule has 10 heteroatoms. The van der Waals surface area contributed by atoms with Crippen molar-refractivity contribution in [3.63, 3.8) is 0 Å². The molecule has 0 aromatic heterocycles. The third-order valence-electron chi connectivity index (χ3n) is 5.47. The van der Waals surface area contributed by atoms with Gasteiger partial charge in [0.25, 0.3) is 0 Å². The Morgan fingerprint density at radius 1 is 1.03 bits per heavy atom. The number of rotatable bonds is 7. The first kappa shape index (κ1) is 24.0. The minimum Gasteiger partial charge on any atom is -0.497 e. The van der Waals surface area contributed by atoms with E-state index >= 15 is 0 Å². The van der Waals surface area contributed by atoms with Crippen molar-refractivity contribution in [2.24, 2.45) is 0 Å². The highest BCUT2D eigenvalue weighted by molar-refractivity contribution is 7.92. The maximum absolute atomic E-state index is 13.3. The van der Waals surface area contributed by atoms with Crippen LogP contribution < -0.4 is 18.7 Å². The number of benzene rings is 2. The third kappa shape index (κ3) is 5.21. The molecule has 0 radical (unpaired) electrons. The van der Waals surface area contributed by atoms with E-state index in [-0.39, 0.29) is 11.6 Å². The molecule has 0 spiro atoms. The van der Waals surface area contributed by atoms with Gasteiger partial charge < -0.3 is 19.3 Å². The lowest BCUT2D eigenvalue weighted by atomic mass is 10.2. The van der Waals surface area contributed by atoms with Gasteiger partial charge in [0, 0.05) is 36.9 Å². The minimum atomic E-state index is -3.79. The van der Waals surface area contributed by atoms with Crippen molar-refractivity contribution < 1.29 is 22.7 Å². The first-order chi connectivity index (χ1) is 15.2. The topological polar surface area (TPSA) is 79.4 Å². The van der Waals surface area contributed by atoms with Gasteiger partial charge in [-0.1, -0.05) is 11.6 Å². The molecular weight excluding hydrogens is 454 g/mol. The highest BCUT2D eigenvalue weighted by atomic mass is 35.5. The molecule has 0 unspecified atom stereocenters. The lowest BCUT2D eigenvalue weighted by Crippen LogP contribution is -2.55. The van der Waals surface area contributed by atoms with Crippen LogP contribution in [0.1, 0.15) is 6.92 Å². The lowest BCUT2D eigenvalue weighted by Gasteiger charge is -2.39. The van der Waals surface area contributed by atoms with Gasteiger partial charge in [0.2, 0.25) is 15.9 Å². The van der Waals surface area contributed by atoms with Crippen molar-refractivity contribution in [3.05, 3.63) is 47.5 Å². The molecule has 8 nitrogen and oxygen atoms in total. The van der Waals surface area contributed by atoms with E-state index in [0.717, 1.165) is 22.0 Å². The Balaban J connectivity index is 1.76. The van der Waals surface area contributed by atoms with Gasteiger partial charge in [-0.25, -0.2) is 8.42 Å². The molecular formula is C22H28ClN3O5S. The second-order valence-corrected chi connectivity index (χ2v) is 9.86. The monoisotopic (exact) mass is 481 g/mol. The first-order valence-corrected chi connectivity index (χ1v) is 12.4. The van der Waals surface area contributed by atoms with Crippen LogP contribution >= 0.6 is 11.6 Å². The Bertz CT molecular complexity index is 1050. The molecule has 1 aliphatic heterocycles. The summed E-state index contributed by atoms with van der Waals surface area (Å²) in [5, 5.41) is 0.349. The van der Waals surface area contributed by atoms with E-state index in [0.29, 0.717) is 37.0 Å². The number of amides is 1. The molecule has 1 amide bonds. The van der Waals surface area contributed by atoms with Crippen LogP contribution in [0.25, 0.3) is 0 Å². The number of nitrogens with zero attached hydrogens (tertiary/aromatic N) is 3. The first-order valence-electron chi connectivity index (χ1n) is 10.2. The second-order valence-electron chi connectivity index (χ2n) is 7.56. The number of anilines is 2. The summed E-state index contributed by atoms with van der Waals surface area (Å²) >= 11 is 6.11. The van der Waals surface area contributed by atoms with Crippen LogP contribution in [0.3, 0.4) is 0 Å². The average molecular weight is 482 g/mol. The smallest absolute Gasteiger partial charge is 0.246 e. The molecule has 1 fully saturated rings. The largest absolute Gasteiger partial charge is 0.497 e. The number of carbonyl (C=O) groups excluding carboxylic acids is 1. The summed E-state index contributed by atoms with van der Waals surface area (Å²) in [7, 11) is -0.719. The molecule has 32 heavy (non-hydrogen) atoms. The molecule has 0 bridgehead atoms. The van der Waals surface area contributed by atoms with Gasteiger partial charge in [-0.15, -0.1) is 0 Å². The van der Waals surface area contributed by atoms with Gasteiger partial charge in [0.05, 0.1) is 26.2 Å². The molecule has 1 heterocycles. The highest BCUT2D eigenvalue weighted by Crippen LogP contribution is 2.34. The summed E-state index contributed by atoms with van der Waals surface area (Å²) in [6.07, 6.45) is 1.07. The summed E-state index contributed by atoms with van der Waals surface area (Å²) < 4.78 is 36.9. The van der Waals surface area contributed by atoms with Gasteiger partial charge in [-0.3, -0.25) is 9.10 Å². The number of ether oxygens (including phenoxy) is 2. The highest BCUT2D eigenvalue weighted by Gasteiger charge is 2.35. The van der Waals surface area contributed by atoms with Crippen molar-refractivity contribution in [3.8, 4) is 11.5 Å². The zero-order chi connectivity index (χ0) is 23.5. The predicted molar refractivity (Wildman–Crippen MR) is 127 cm³/mol. The zero-order valence-corrected chi connectivity index (χ0v) is 20.2. The maximum atomic E-state index is 13.3. The molecule has 1 saturated heterocycles. The van der Waals surface area contributed by atoms with Gasteiger partial charge in [-0.2, -0.15) is 0 Å². The third-order valence-corrected chi connectivity index (χ3v) is 6.94. The molecule has 0 N–H and O–H groups in total. The van der Waals surface area contributed by atoms with E-state index in [1.54, 1.807) is 31.1 Å². The summed E-state index contributed by atoms with van der Waals surface area (Å²) in [5.74, 6) is 0.837. The average Bonchev–Trinajstić information content (AvgIpc) is 2.78. The van der Waals surface area contributed by atoms with Crippen molar-refractivity contribution in [2.75, 3.05) is 55.9 Å². The van der Waals surface area contributed by atoms with Crippen LogP contribution in [0.5, 0.6) is 11.5 Å². The molecule has 3 rings (SSSR count). The van der Waals surface area contributed by atoms with Crippen LogP contribution in [-0.2, 0) is 14.8 Å². The normalized spacial score (nSPS) is 15.3. The Morgan fingerprint density at radius 3 is 2.19 bits per heavy atom. The number of carbonyl (C=O) groups is 1. The summed E-state index contributed by atoms with van der Waals surface area (Å²) in [4.78, 5) is 17.2. The van der Waals surface area contributed by atoms with Crippen molar-refractivity contribution in [1.29, 1.82) is 0 Å². The number of hydrogen-bond acceptors (Lipinski definition) is 6. The van der Waals surface area contributed by atoms with E-state index in [2.05, 4.69) is 4.90 Å². The minimum absolute atomic E-state index is 0.236. The van der Waals surface area contributed by atoms with Crippen LogP contribution in [0.15, 0.2) is 42.5 Å². The molecule has 2 aromatic rings. The van der Waals surface area contributed by atoms with Crippen LogP contribution in [-0.4, -0.2) is 71.9 Å². The lowest BCUT2D eigenvalue weighted by molar-refractivity contribution is -0.132. The van der Waals surface area contributed by atoms with E-state index < -0.39 is 16.1 Å². The summed E-state index contributed by atoms with van der Waals surface area (Å²) in [6, 6.07) is 11.5. The molecule has 1 atom stereocenters. The van der Waals surface area contributed by atoms with Crippen molar-refractivity contribution >= 4 is 38.9 Å². The van der Waals surface area contributed by atoms with Gasteiger partial charge in [0.15, 0.2) is 0 Å². The molecule has 1 aliphatic rings. The molecule has 2 aromatic carbocycles. The Kier molecular flexibility index (Phi) is 7.40. The molecule has 174 valence electrons. The quantitative estimate of drug-likeness (QED) is 0.605. The summed E-state index contributed by atoms with van der Waals surface area (Å²) in [6.45, 7) is 3.84. The molecule has 0 aliphatic carbocycles. The predicted octanol–water partition coefficient (Wildman–Crippen LogP) is 2.86. The fourth-order valence-corrected chi connectivity index (χ4v) is 5.18. The van der Waals surface area contributed by atoms with Gasteiger partial charge in [-0.05, 0) is 49.4 Å². The Morgan fingerprint density at radius 2 is 1.66 bits per heavy atom. The van der Waals surface area contributed by atoms with Crippen molar-refractivity contribution in [1.82, 2.24) is 4.90 Å². The maximum Gasteiger partial charge on any atom is 0.246 e. The van der Waals surface area contributed by atoms with Crippen LogP contribution in [0.2, 0.25) is 5.02 Å². The van der Waals surface area contributed by atoms with E-state index in [1.807, 2.05) is 24.3 Å². The number of methoxy groups -OCH3 is 2. The molecule has 0 saturated carbocycles. The number of hydrogen-bond donors (Lipinski definition) is 0. The zero-order valence-electron chi connectivity index (χ0n) is 18.6. The Labute approximate surface area is 194 Å². The van der Waals surface area contributed by atoms with Crippen LogP contribution in [0, 0.1) is 0 Å². The second kappa shape index (κ2) is 9.87. The number of sulfonamides is 1. The van der Waals surface area contributed by atoms with Gasteiger partial charge >= 0.3 is 0 Å². The SMILES string of the molecule is COc1ccc(N2CCN(C(=O)[C@H](C)N(c3cc(Cl)ccc3OC)S(C)(=O)=O)CC2)cc1. The Hall–Kier alpha value is -2.65. The van der Waals surface area contributed by atoms with E-state index in [4.69, 9.17) is 21.1 Å². The van der Waals surface area contributed by atoms with Gasteiger partial charge in [0.1, 0.15) is 17.5 Å². The van der Waals surface area contributed by atoms with E-state index in [1.165, 1.54) is 13.2 Å². The van der Waals surface area contributed by atoms with Crippen LogP contribution in [0.4, 0.5) is 11.4 Å². The number of halogens is 1. The fourth-order valence-electron chi connectivity index (χ4n) is 3.85. The standard InChI is InChI=1S/C22H28ClN3O5S/c1-16(26(32(4,28)29)20-15-17(23)5-10-21(20)31-3)22(27)25-13-11-24(12-14-25)18-6-8-19(30-2)9-7-18/h5-10,15-16H,11-14H2,1-4H3/t16-/m0/s1. The summed E-state index contributed by atoms with van der Waals surface area (Å²) in [5.41, 5.74) is 1.28. The van der Waals surface area contributed by atoms with E-state index in [9.17, 15) is 13.2 Å².